The molecule has 0 radical (unpaired) electrons. The van der Waals surface area contributed by atoms with Crippen molar-refractivity contribution in [1.82, 2.24) is 0 Å². The van der Waals surface area contributed by atoms with E-state index in [2.05, 4.69) is 46.1 Å². The maximum atomic E-state index is 12.3. The molecule has 0 N–H and O–H groups in total. The van der Waals surface area contributed by atoms with Crippen LogP contribution < -0.4 is 0 Å². The van der Waals surface area contributed by atoms with E-state index in [1.54, 1.807) is 0 Å². The molecule has 1 aliphatic carbocycles. The number of carbonyl (C=O) groups excluding carboxylic acids is 2. The van der Waals surface area contributed by atoms with E-state index in [0.29, 0.717) is 6.42 Å². The van der Waals surface area contributed by atoms with Crippen molar-refractivity contribution in [1.29, 1.82) is 0 Å². The Balaban J connectivity index is 2.70. The lowest BCUT2D eigenvalue weighted by Crippen LogP contribution is -2.39. The average Bonchev–Trinajstić information content (AvgIpc) is 2.98. The summed E-state index contributed by atoms with van der Waals surface area (Å²) >= 11 is 0. The van der Waals surface area contributed by atoms with E-state index >= 15 is 0 Å². The summed E-state index contributed by atoms with van der Waals surface area (Å²) in [6, 6.07) is 0. The van der Waals surface area contributed by atoms with Crippen molar-refractivity contribution in [3.8, 4) is 0 Å². The summed E-state index contributed by atoms with van der Waals surface area (Å²) in [6.45, 7) is 14.7. The van der Waals surface area contributed by atoms with Crippen LogP contribution in [-0.2, 0) is 19.1 Å². The second-order valence-corrected chi connectivity index (χ2v) is 7.72. The van der Waals surface area contributed by atoms with Crippen LogP contribution in [0.25, 0.3) is 0 Å². The van der Waals surface area contributed by atoms with Crippen LogP contribution in [0.3, 0.4) is 0 Å². The first-order valence-electron chi connectivity index (χ1n) is 9.49. The minimum Gasteiger partial charge on any atom is -0.468 e. The van der Waals surface area contributed by atoms with Gasteiger partial charge in [-0.05, 0) is 59.3 Å². The Morgan fingerprint density at radius 2 is 1.63 bits per heavy atom. The zero-order chi connectivity index (χ0) is 20.6. The quantitative estimate of drug-likeness (QED) is 0.312. The molecule has 0 amide bonds. The number of carbonyl (C=O) groups is 2. The summed E-state index contributed by atoms with van der Waals surface area (Å²) in [5.41, 5.74) is 3.27. The molecular formula is C23H34O4. The van der Waals surface area contributed by atoms with Gasteiger partial charge in [0.25, 0.3) is 0 Å². The fourth-order valence-electron chi connectivity index (χ4n) is 3.66. The lowest BCUT2D eigenvalue weighted by Gasteiger charge is -2.23. The van der Waals surface area contributed by atoms with E-state index in [-0.39, 0.29) is 12.3 Å². The molecule has 0 heterocycles. The van der Waals surface area contributed by atoms with Crippen molar-refractivity contribution in [3.05, 3.63) is 47.6 Å². The first kappa shape index (κ1) is 22.9. The van der Waals surface area contributed by atoms with Crippen molar-refractivity contribution in [2.45, 2.75) is 59.3 Å². The number of rotatable bonds is 9. The standard InChI is InChI=1S/C23H34O4/c1-16(2)10-8-11-17(3)12-9-13-18(4)20-15-23(14-19(20)5,21(24)26-6)22(25)27-7/h10,12,20H,4-5,8-9,11,13-15H2,1-3,6-7H3/b17-12+. The van der Waals surface area contributed by atoms with Crippen molar-refractivity contribution < 1.29 is 19.1 Å². The molecule has 4 heteroatoms. The summed E-state index contributed by atoms with van der Waals surface area (Å²) in [5, 5.41) is 0. The van der Waals surface area contributed by atoms with E-state index in [4.69, 9.17) is 9.47 Å². The summed E-state index contributed by atoms with van der Waals surface area (Å²) < 4.78 is 9.76. The van der Waals surface area contributed by atoms with E-state index in [1.165, 1.54) is 25.4 Å². The molecule has 0 spiro atoms. The molecule has 1 unspecified atom stereocenters. The largest absolute Gasteiger partial charge is 0.468 e. The van der Waals surface area contributed by atoms with Gasteiger partial charge in [-0.3, -0.25) is 9.59 Å². The minimum absolute atomic E-state index is 0.0671. The Morgan fingerprint density at radius 1 is 1.07 bits per heavy atom. The van der Waals surface area contributed by atoms with Crippen LogP contribution in [0.2, 0.25) is 0 Å². The Kier molecular flexibility index (Phi) is 8.74. The molecule has 4 nitrogen and oxygen atoms in total. The van der Waals surface area contributed by atoms with Gasteiger partial charge in [0, 0.05) is 5.92 Å². The molecule has 0 aromatic rings. The molecule has 1 fully saturated rings. The van der Waals surface area contributed by atoms with Gasteiger partial charge in [0.1, 0.15) is 0 Å². The molecule has 1 aliphatic rings. The highest BCUT2D eigenvalue weighted by Gasteiger charge is 2.55. The third kappa shape index (κ3) is 5.95. The zero-order valence-electron chi connectivity index (χ0n) is 17.5. The molecule has 150 valence electrons. The highest BCUT2D eigenvalue weighted by molar-refractivity contribution is 6.01. The van der Waals surface area contributed by atoms with Crippen molar-refractivity contribution >= 4 is 11.9 Å². The van der Waals surface area contributed by atoms with Gasteiger partial charge in [0.05, 0.1) is 14.2 Å². The van der Waals surface area contributed by atoms with Gasteiger partial charge in [-0.1, -0.05) is 47.6 Å². The van der Waals surface area contributed by atoms with Crippen LogP contribution in [0.5, 0.6) is 0 Å². The molecule has 0 saturated heterocycles. The Hall–Kier alpha value is -2.10. The predicted octanol–water partition coefficient (Wildman–Crippen LogP) is 5.31. The van der Waals surface area contributed by atoms with Crippen molar-refractivity contribution in [2.75, 3.05) is 14.2 Å². The number of ether oxygens (including phenoxy) is 2. The molecule has 0 aromatic carbocycles. The number of esters is 2. The third-order valence-corrected chi connectivity index (χ3v) is 5.27. The summed E-state index contributed by atoms with van der Waals surface area (Å²) in [4.78, 5) is 24.6. The van der Waals surface area contributed by atoms with Gasteiger partial charge < -0.3 is 9.47 Å². The second kappa shape index (κ2) is 10.3. The van der Waals surface area contributed by atoms with E-state index in [9.17, 15) is 9.59 Å². The number of hydrogen-bond acceptors (Lipinski definition) is 4. The van der Waals surface area contributed by atoms with E-state index < -0.39 is 17.4 Å². The highest BCUT2D eigenvalue weighted by atomic mass is 16.5. The fraction of sp³-hybridized carbons (Fsp3) is 0.565. The smallest absolute Gasteiger partial charge is 0.323 e. The maximum absolute atomic E-state index is 12.3. The summed E-state index contributed by atoms with van der Waals surface area (Å²) in [7, 11) is 2.58. The predicted molar refractivity (Wildman–Crippen MR) is 109 cm³/mol. The maximum Gasteiger partial charge on any atom is 0.323 e. The van der Waals surface area contributed by atoms with Gasteiger partial charge >= 0.3 is 11.9 Å². The van der Waals surface area contributed by atoms with Crippen LogP contribution >= 0.6 is 0 Å². The highest BCUT2D eigenvalue weighted by Crippen LogP contribution is 2.49. The summed E-state index contributed by atoms with van der Waals surface area (Å²) in [5.74, 6) is -1.18. The minimum atomic E-state index is -1.29. The normalized spacial score (nSPS) is 18.8. The van der Waals surface area contributed by atoms with Crippen molar-refractivity contribution in [2.24, 2.45) is 11.3 Å². The Labute approximate surface area is 164 Å². The number of hydrogen-bond donors (Lipinski definition) is 0. The third-order valence-electron chi connectivity index (χ3n) is 5.27. The fourth-order valence-corrected chi connectivity index (χ4v) is 3.66. The summed E-state index contributed by atoms with van der Waals surface area (Å²) in [6.07, 6.45) is 8.90. The van der Waals surface area contributed by atoms with Crippen LogP contribution in [0.15, 0.2) is 47.6 Å². The van der Waals surface area contributed by atoms with Gasteiger partial charge in [-0.2, -0.15) is 0 Å². The van der Waals surface area contributed by atoms with Gasteiger partial charge in [-0.15, -0.1) is 0 Å². The average molecular weight is 375 g/mol. The Bertz CT molecular complexity index is 631. The SMILES string of the molecule is C=C(CC/C=C(\C)CCC=C(C)C)C1CC(C(=O)OC)(C(=O)OC)CC1=C. The monoisotopic (exact) mass is 374 g/mol. The first-order valence-corrected chi connectivity index (χ1v) is 9.49. The van der Waals surface area contributed by atoms with E-state index in [1.807, 2.05) is 0 Å². The topological polar surface area (TPSA) is 52.6 Å². The number of allylic oxidation sites excluding steroid dienone is 6. The molecular weight excluding hydrogens is 340 g/mol. The first-order chi connectivity index (χ1) is 12.7. The molecule has 27 heavy (non-hydrogen) atoms. The van der Waals surface area contributed by atoms with Crippen LogP contribution in [0.4, 0.5) is 0 Å². The van der Waals surface area contributed by atoms with Gasteiger partial charge in [0.15, 0.2) is 5.41 Å². The van der Waals surface area contributed by atoms with Crippen LogP contribution in [0, 0.1) is 11.3 Å². The van der Waals surface area contributed by atoms with E-state index in [0.717, 1.165) is 36.8 Å². The molecule has 1 atom stereocenters. The second-order valence-electron chi connectivity index (χ2n) is 7.72. The van der Waals surface area contributed by atoms with Crippen LogP contribution in [-0.4, -0.2) is 26.2 Å². The zero-order valence-corrected chi connectivity index (χ0v) is 17.5. The Morgan fingerprint density at radius 3 is 2.15 bits per heavy atom. The molecule has 0 bridgehead atoms. The van der Waals surface area contributed by atoms with Gasteiger partial charge in [-0.25, -0.2) is 0 Å². The lowest BCUT2D eigenvalue weighted by molar-refractivity contribution is -0.168. The lowest BCUT2D eigenvalue weighted by atomic mass is 9.83. The molecule has 1 rings (SSSR count). The molecule has 1 saturated carbocycles. The molecule has 0 aromatic heterocycles. The van der Waals surface area contributed by atoms with Gasteiger partial charge in [0.2, 0.25) is 0 Å². The molecule has 0 aliphatic heterocycles. The number of methoxy groups -OCH3 is 2. The van der Waals surface area contributed by atoms with Crippen LogP contribution in [0.1, 0.15) is 59.3 Å². The van der Waals surface area contributed by atoms with Crippen molar-refractivity contribution in [3.63, 3.8) is 0 Å².